The predicted octanol–water partition coefficient (Wildman–Crippen LogP) is 2.77. The molecule has 0 fully saturated rings. The van der Waals surface area contributed by atoms with E-state index in [1.165, 1.54) is 5.56 Å². The fraction of sp³-hybridized carbons (Fsp3) is 0.600. The minimum atomic E-state index is -0.313. The molecular weight excluding hydrogens is 210 g/mol. The maximum Gasteiger partial charge on any atom is 0.0947 e. The second-order valence-electron chi connectivity index (χ2n) is 4.88. The number of aliphatic hydroxyl groups is 1. The first-order valence-electron chi connectivity index (χ1n) is 6.77. The Morgan fingerprint density at radius 2 is 2.06 bits per heavy atom. The van der Waals surface area contributed by atoms with Crippen molar-refractivity contribution < 1.29 is 5.11 Å². The van der Waals surface area contributed by atoms with Gasteiger partial charge in [0.1, 0.15) is 0 Å². The van der Waals surface area contributed by atoms with Gasteiger partial charge in [0.25, 0.3) is 0 Å². The first-order chi connectivity index (χ1) is 8.27. The molecule has 0 aromatic heterocycles. The van der Waals surface area contributed by atoms with Crippen LogP contribution < -0.4 is 0 Å². The Hall–Kier alpha value is -0.860. The molecule has 0 radical (unpaired) electrons. The zero-order valence-corrected chi connectivity index (χ0v) is 10.9. The molecule has 2 unspecified atom stereocenters. The molecule has 0 aliphatic heterocycles. The smallest absolute Gasteiger partial charge is 0.0947 e. The van der Waals surface area contributed by atoms with Crippen LogP contribution in [0.1, 0.15) is 43.9 Å². The van der Waals surface area contributed by atoms with Gasteiger partial charge in [-0.3, -0.25) is 4.90 Å². The van der Waals surface area contributed by atoms with Crippen molar-refractivity contribution in [3.63, 3.8) is 0 Å². The summed E-state index contributed by atoms with van der Waals surface area (Å²) in [6.07, 6.45) is 3.01. The predicted molar refractivity (Wildman–Crippen MR) is 71.0 cm³/mol. The van der Waals surface area contributed by atoms with Crippen molar-refractivity contribution in [3.8, 4) is 0 Å². The molecule has 0 bridgehead atoms. The lowest BCUT2D eigenvalue weighted by Crippen LogP contribution is -2.42. The average Bonchev–Trinajstić information content (AvgIpc) is 2.37. The van der Waals surface area contributed by atoms with E-state index in [4.69, 9.17) is 0 Å². The number of aliphatic hydroxyl groups excluding tert-OH is 1. The fourth-order valence-electron chi connectivity index (χ4n) is 2.95. The molecule has 94 valence electrons. The lowest BCUT2D eigenvalue weighted by atomic mass is 9.85. The number of fused-ring (bicyclic) bond motifs is 1. The molecule has 0 heterocycles. The van der Waals surface area contributed by atoms with Crippen molar-refractivity contribution in [2.24, 2.45) is 0 Å². The third-order valence-electron chi connectivity index (χ3n) is 3.83. The van der Waals surface area contributed by atoms with E-state index in [0.29, 0.717) is 6.04 Å². The van der Waals surface area contributed by atoms with Gasteiger partial charge in [-0.25, -0.2) is 0 Å². The first-order valence-corrected chi connectivity index (χ1v) is 6.77. The molecule has 1 aromatic carbocycles. The summed E-state index contributed by atoms with van der Waals surface area (Å²) < 4.78 is 0. The minimum Gasteiger partial charge on any atom is -0.387 e. The highest BCUT2D eigenvalue weighted by Crippen LogP contribution is 2.32. The molecule has 0 saturated heterocycles. The molecule has 1 aliphatic carbocycles. The van der Waals surface area contributed by atoms with Gasteiger partial charge < -0.3 is 5.11 Å². The van der Waals surface area contributed by atoms with E-state index >= 15 is 0 Å². The standard InChI is InChI=1S/C15H23NO/c1-3-11-16(4-2)14-10-9-12-7-5-6-8-13(12)15(14)17/h5-8,14-15,17H,3-4,9-11H2,1-2H3. The van der Waals surface area contributed by atoms with Crippen LogP contribution >= 0.6 is 0 Å². The summed E-state index contributed by atoms with van der Waals surface area (Å²) >= 11 is 0. The van der Waals surface area contributed by atoms with Crippen molar-refractivity contribution in [3.05, 3.63) is 35.4 Å². The summed E-state index contributed by atoms with van der Waals surface area (Å²) in [5.41, 5.74) is 2.46. The second-order valence-corrected chi connectivity index (χ2v) is 4.88. The summed E-state index contributed by atoms with van der Waals surface area (Å²) in [6.45, 7) is 6.49. The highest BCUT2D eigenvalue weighted by atomic mass is 16.3. The van der Waals surface area contributed by atoms with Crippen LogP contribution in [-0.2, 0) is 6.42 Å². The van der Waals surface area contributed by atoms with E-state index in [-0.39, 0.29) is 6.10 Å². The second kappa shape index (κ2) is 5.65. The van der Waals surface area contributed by atoms with Crippen LogP contribution in [0, 0.1) is 0 Å². The molecule has 0 spiro atoms. The molecule has 17 heavy (non-hydrogen) atoms. The highest BCUT2D eigenvalue weighted by Gasteiger charge is 2.30. The number of benzene rings is 1. The van der Waals surface area contributed by atoms with Gasteiger partial charge in [-0.1, -0.05) is 38.1 Å². The van der Waals surface area contributed by atoms with Crippen LogP contribution in [0.2, 0.25) is 0 Å². The van der Waals surface area contributed by atoms with Crippen molar-refractivity contribution in [1.82, 2.24) is 4.90 Å². The third kappa shape index (κ3) is 2.53. The van der Waals surface area contributed by atoms with Crippen LogP contribution in [0.25, 0.3) is 0 Å². The first kappa shape index (κ1) is 12.6. The van der Waals surface area contributed by atoms with Gasteiger partial charge in [0, 0.05) is 6.04 Å². The molecule has 2 heteroatoms. The Bertz CT molecular complexity index is 364. The van der Waals surface area contributed by atoms with Gasteiger partial charge in [-0.2, -0.15) is 0 Å². The molecule has 2 nitrogen and oxygen atoms in total. The maximum absolute atomic E-state index is 10.5. The zero-order valence-electron chi connectivity index (χ0n) is 10.9. The van der Waals surface area contributed by atoms with Crippen LogP contribution in [0.15, 0.2) is 24.3 Å². The van der Waals surface area contributed by atoms with E-state index in [1.807, 2.05) is 6.07 Å². The van der Waals surface area contributed by atoms with Gasteiger partial charge in [0.15, 0.2) is 0 Å². The SMILES string of the molecule is CCCN(CC)C1CCc2ccccc2C1O. The summed E-state index contributed by atoms with van der Waals surface area (Å²) in [5, 5.41) is 10.5. The topological polar surface area (TPSA) is 23.5 Å². The van der Waals surface area contributed by atoms with E-state index in [2.05, 4.69) is 36.9 Å². The maximum atomic E-state index is 10.5. The van der Waals surface area contributed by atoms with Gasteiger partial charge >= 0.3 is 0 Å². The Morgan fingerprint density at radius 1 is 1.29 bits per heavy atom. The minimum absolute atomic E-state index is 0.301. The highest BCUT2D eigenvalue weighted by molar-refractivity contribution is 5.32. The van der Waals surface area contributed by atoms with Crippen LogP contribution in [0.4, 0.5) is 0 Å². The van der Waals surface area contributed by atoms with E-state index in [0.717, 1.165) is 37.9 Å². The summed E-state index contributed by atoms with van der Waals surface area (Å²) in [6, 6.07) is 8.61. The number of likely N-dealkylation sites (N-methyl/N-ethyl adjacent to an activating group) is 1. The zero-order chi connectivity index (χ0) is 12.3. The number of aryl methyl sites for hydroxylation is 1. The third-order valence-corrected chi connectivity index (χ3v) is 3.83. The number of hydrogen-bond acceptors (Lipinski definition) is 2. The normalized spacial score (nSPS) is 23.8. The molecule has 2 atom stereocenters. The van der Waals surface area contributed by atoms with Gasteiger partial charge in [0.2, 0.25) is 0 Å². The summed E-state index contributed by atoms with van der Waals surface area (Å²) in [5.74, 6) is 0. The largest absolute Gasteiger partial charge is 0.387 e. The molecular formula is C15H23NO. The lowest BCUT2D eigenvalue weighted by Gasteiger charge is -2.38. The number of rotatable bonds is 4. The van der Waals surface area contributed by atoms with E-state index < -0.39 is 0 Å². The monoisotopic (exact) mass is 233 g/mol. The molecule has 0 saturated carbocycles. The van der Waals surface area contributed by atoms with Crippen LogP contribution in [-0.4, -0.2) is 29.1 Å². The average molecular weight is 233 g/mol. The van der Waals surface area contributed by atoms with Crippen LogP contribution in [0.3, 0.4) is 0 Å². The van der Waals surface area contributed by atoms with E-state index in [1.54, 1.807) is 0 Å². The molecule has 1 aliphatic rings. The van der Waals surface area contributed by atoms with Crippen molar-refractivity contribution >= 4 is 0 Å². The lowest BCUT2D eigenvalue weighted by molar-refractivity contribution is 0.0386. The number of nitrogens with zero attached hydrogens (tertiary/aromatic N) is 1. The van der Waals surface area contributed by atoms with E-state index in [9.17, 15) is 5.11 Å². The fourth-order valence-corrected chi connectivity index (χ4v) is 2.95. The molecule has 0 amide bonds. The summed E-state index contributed by atoms with van der Waals surface area (Å²) in [7, 11) is 0. The van der Waals surface area contributed by atoms with Crippen molar-refractivity contribution in [1.29, 1.82) is 0 Å². The molecule has 1 N–H and O–H groups in total. The Kier molecular flexibility index (Phi) is 4.19. The Labute approximate surface area is 104 Å². The Balaban J connectivity index is 2.18. The van der Waals surface area contributed by atoms with Gasteiger partial charge in [-0.15, -0.1) is 0 Å². The van der Waals surface area contributed by atoms with Crippen molar-refractivity contribution in [2.45, 2.75) is 45.3 Å². The van der Waals surface area contributed by atoms with Crippen molar-refractivity contribution in [2.75, 3.05) is 13.1 Å². The Morgan fingerprint density at radius 3 is 2.76 bits per heavy atom. The van der Waals surface area contributed by atoms with Crippen LogP contribution in [0.5, 0.6) is 0 Å². The van der Waals surface area contributed by atoms with Gasteiger partial charge in [-0.05, 0) is 43.5 Å². The van der Waals surface area contributed by atoms with Gasteiger partial charge in [0.05, 0.1) is 6.10 Å². The molecule has 1 aromatic rings. The quantitative estimate of drug-likeness (QED) is 0.864. The number of hydrogen-bond donors (Lipinski definition) is 1. The summed E-state index contributed by atoms with van der Waals surface area (Å²) in [4.78, 5) is 2.42. The molecule has 2 rings (SSSR count).